The Bertz CT molecular complexity index is 907. The molecule has 1 aromatic heterocycles. The van der Waals surface area contributed by atoms with Crippen LogP contribution in [0.5, 0.6) is 5.75 Å². The van der Waals surface area contributed by atoms with Crippen LogP contribution in [0.4, 0.5) is 10.5 Å². The molecule has 3 rings (SSSR count). The van der Waals surface area contributed by atoms with Gasteiger partial charge < -0.3 is 19.5 Å². The Morgan fingerprint density at radius 3 is 2.81 bits per heavy atom. The van der Waals surface area contributed by atoms with Crippen LogP contribution in [0.1, 0.15) is 11.5 Å². The highest BCUT2D eigenvalue weighted by molar-refractivity contribution is 5.90. The Morgan fingerprint density at radius 1 is 1.23 bits per heavy atom. The lowest BCUT2D eigenvalue weighted by Gasteiger charge is -2.17. The lowest BCUT2D eigenvalue weighted by Crippen LogP contribution is -2.31. The summed E-state index contributed by atoms with van der Waals surface area (Å²) in [6.07, 6.45) is 0. The summed E-state index contributed by atoms with van der Waals surface area (Å²) in [4.78, 5) is 18.2. The third-order valence-corrected chi connectivity index (χ3v) is 3.81. The van der Waals surface area contributed by atoms with Crippen molar-refractivity contribution >= 4 is 11.7 Å². The number of amides is 2. The predicted molar refractivity (Wildman–Crippen MR) is 98.0 cm³/mol. The number of rotatable bonds is 5. The summed E-state index contributed by atoms with van der Waals surface area (Å²) in [6.45, 7) is 2.19. The SMILES string of the molecule is COc1ccccc1NC(=O)N(C)Cc1nc(-c2cccc(C)c2)no1. The standard InChI is InChI=1S/C19H20N4O3/c1-13-7-6-8-14(11-13)18-21-17(26-22-18)12-23(2)19(24)20-15-9-4-5-10-16(15)25-3/h4-11H,12H2,1-3H3,(H,20,24). The quantitative estimate of drug-likeness (QED) is 0.757. The molecule has 0 saturated heterocycles. The fourth-order valence-corrected chi connectivity index (χ4v) is 2.45. The summed E-state index contributed by atoms with van der Waals surface area (Å²) in [7, 11) is 3.21. The van der Waals surface area contributed by atoms with Crippen molar-refractivity contribution < 1.29 is 14.1 Å². The van der Waals surface area contributed by atoms with E-state index in [0.29, 0.717) is 23.2 Å². The first-order valence-electron chi connectivity index (χ1n) is 8.11. The van der Waals surface area contributed by atoms with E-state index in [1.165, 1.54) is 4.90 Å². The fraction of sp³-hybridized carbons (Fsp3) is 0.211. The minimum Gasteiger partial charge on any atom is -0.495 e. The van der Waals surface area contributed by atoms with Crippen LogP contribution in [0.25, 0.3) is 11.4 Å². The van der Waals surface area contributed by atoms with Gasteiger partial charge in [0.1, 0.15) is 12.3 Å². The Kier molecular flexibility index (Phi) is 5.17. The number of urea groups is 1. The largest absolute Gasteiger partial charge is 0.495 e. The van der Waals surface area contributed by atoms with Crippen molar-refractivity contribution in [3.63, 3.8) is 0 Å². The number of para-hydroxylation sites is 2. The van der Waals surface area contributed by atoms with Crippen molar-refractivity contribution in [3.8, 4) is 17.1 Å². The molecule has 3 aromatic rings. The van der Waals surface area contributed by atoms with Gasteiger partial charge in [-0.3, -0.25) is 0 Å². The lowest BCUT2D eigenvalue weighted by molar-refractivity contribution is 0.213. The smallest absolute Gasteiger partial charge is 0.322 e. The minimum absolute atomic E-state index is 0.194. The topological polar surface area (TPSA) is 80.5 Å². The Balaban J connectivity index is 1.66. The summed E-state index contributed by atoms with van der Waals surface area (Å²) in [5.74, 6) is 1.45. The summed E-state index contributed by atoms with van der Waals surface area (Å²) in [5.41, 5.74) is 2.58. The molecule has 0 aliphatic heterocycles. The zero-order valence-corrected chi connectivity index (χ0v) is 14.9. The highest BCUT2D eigenvalue weighted by atomic mass is 16.5. The van der Waals surface area contributed by atoms with Crippen LogP contribution in [0, 0.1) is 6.92 Å². The first kappa shape index (κ1) is 17.5. The number of carbonyl (C=O) groups excluding carboxylic acids is 1. The predicted octanol–water partition coefficient (Wildman–Crippen LogP) is 3.72. The van der Waals surface area contributed by atoms with Gasteiger partial charge in [-0.05, 0) is 25.1 Å². The lowest BCUT2D eigenvalue weighted by atomic mass is 10.1. The van der Waals surface area contributed by atoms with Crippen molar-refractivity contribution in [1.82, 2.24) is 15.0 Å². The monoisotopic (exact) mass is 352 g/mol. The van der Waals surface area contributed by atoms with Crippen LogP contribution < -0.4 is 10.1 Å². The van der Waals surface area contributed by atoms with Gasteiger partial charge in [0.15, 0.2) is 0 Å². The van der Waals surface area contributed by atoms with Gasteiger partial charge in [-0.2, -0.15) is 4.98 Å². The summed E-state index contributed by atoms with van der Waals surface area (Å²) in [5, 5.41) is 6.79. The van der Waals surface area contributed by atoms with Gasteiger partial charge in [0.2, 0.25) is 11.7 Å². The zero-order valence-electron chi connectivity index (χ0n) is 14.9. The molecule has 0 unspecified atom stereocenters. The van der Waals surface area contributed by atoms with Crippen LogP contribution in [0.2, 0.25) is 0 Å². The highest BCUT2D eigenvalue weighted by Crippen LogP contribution is 2.23. The van der Waals surface area contributed by atoms with Crippen LogP contribution in [0.15, 0.2) is 53.1 Å². The Labute approximate surface area is 151 Å². The molecule has 134 valence electrons. The number of methoxy groups -OCH3 is 1. The molecule has 0 aliphatic carbocycles. The van der Waals surface area contributed by atoms with Gasteiger partial charge in [0.25, 0.3) is 0 Å². The summed E-state index contributed by atoms with van der Waals surface area (Å²) >= 11 is 0. The molecule has 2 aromatic carbocycles. The molecular weight excluding hydrogens is 332 g/mol. The molecule has 0 saturated carbocycles. The number of aryl methyl sites for hydroxylation is 1. The number of anilines is 1. The van der Waals surface area contributed by atoms with E-state index < -0.39 is 0 Å². The third-order valence-electron chi connectivity index (χ3n) is 3.81. The molecule has 0 aliphatic rings. The van der Waals surface area contributed by atoms with Crippen LogP contribution >= 0.6 is 0 Å². The van der Waals surface area contributed by atoms with Crippen LogP contribution in [-0.2, 0) is 6.54 Å². The Hall–Kier alpha value is -3.35. The second-order valence-corrected chi connectivity index (χ2v) is 5.87. The number of ether oxygens (including phenoxy) is 1. The molecule has 26 heavy (non-hydrogen) atoms. The highest BCUT2D eigenvalue weighted by Gasteiger charge is 2.16. The third kappa shape index (κ3) is 4.00. The van der Waals surface area contributed by atoms with Gasteiger partial charge in [-0.1, -0.05) is 41.1 Å². The molecule has 1 heterocycles. The first-order valence-corrected chi connectivity index (χ1v) is 8.11. The normalized spacial score (nSPS) is 10.4. The van der Waals surface area contributed by atoms with Crippen molar-refractivity contribution in [2.75, 3.05) is 19.5 Å². The molecule has 1 N–H and O–H groups in total. The average Bonchev–Trinajstić information content (AvgIpc) is 3.10. The number of hydrogen-bond donors (Lipinski definition) is 1. The van der Waals surface area contributed by atoms with Crippen LogP contribution in [0.3, 0.4) is 0 Å². The molecule has 0 radical (unpaired) electrons. The molecule has 7 heteroatoms. The zero-order chi connectivity index (χ0) is 18.5. The van der Waals surface area contributed by atoms with Crippen LogP contribution in [-0.4, -0.2) is 35.2 Å². The molecule has 7 nitrogen and oxygen atoms in total. The number of nitrogens with one attached hydrogen (secondary N) is 1. The van der Waals surface area contributed by atoms with E-state index in [2.05, 4.69) is 15.5 Å². The first-order chi connectivity index (χ1) is 12.6. The van der Waals surface area contributed by atoms with E-state index in [4.69, 9.17) is 9.26 Å². The van der Waals surface area contributed by atoms with E-state index in [-0.39, 0.29) is 12.6 Å². The number of hydrogen-bond acceptors (Lipinski definition) is 5. The molecule has 0 atom stereocenters. The van der Waals surface area contributed by atoms with E-state index in [9.17, 15) is 4.79 Å². The maximum atomic E-state index is 12.4. The van der Waals surface area contributed by atoms with Gasteiger partial charge in [-0.15, -0.1) is 0 Å². The van der Waals surface area contributed by atoms with Gasteiger partial charge >= 0.3 is 6.03 Å². The van der Waals surface area contributed by atoms with E-state index in [1.54, 1.807) is 26.3 Å². The van der Waals surface area contributed by atoms with Gasteiger partial charge in [0, 0.05) is 12.6 Å². The van der Waals surface area contributed by atoms with Gasteiger partial charge in [0.05, 0.1) is 12.8 Å². The molecule has 0 bridgehead atoms. The van der Waals surface area contributed by atoms with E-state index >= 15 is 0 Å². The maximum absolute atomic E-state index is 12.4. The summed E-state index contributed by atoms with van der Waals surface area (Å²) in [6, 6.07) is 14.7. The number of carbonyl (C=O) groups is 1. The van der Waals surface area contributed by atoms with E-state index in [1.807, 2.05) is 43.3 Å². The van der Waals surface area contributed by atoms with Crippen molar-refractivity contribution in [2.45, 2.75) is 13.5 Å². The second-order valence-electron chi connectivity index (χ2n) is 5.87. The van der Waals surface area contributed by atoms with Crippen molar-refractivity contribution in [2.24, 2.45) is 0 Å². The number of benzene rings is 2. The average molecular weight is 352 g/mol. The van der Waals surface area contributed by atoms with Crippen molar-refractivity contribution in [1.29, 1.82) is 0 Å². The number of nitrogens with zero attached hydrogens (tertiary/aromatic N) is 3. The van der Waals surface area contributed by atoms with Gasteiger partial charge in [-0.25, -0.2) is 4.79 Å². The number of aromatic nitrogens is 2. The molecular formula is C19H20N4O3. The van der Waals surface area contributed by atoms with Crippen molar-refractivity contribution in [3.05, 3.63) is 60.0 Å². The Morgan fingerprint density at radius 2 is 2.04 bits per heavy atom. The molecule has 0 spiro atoms. The molecule has 0 fully saturated rings. The summed E-state index contributed by atoms with van der Waals surface area (Å²) < 4.78 is 10.5. The maximum Gasteiger partial charge on any atom is 0.322 e. The fourth-order valence-electron chi connectivity index (χ4n) is 2.45. The van der Waals surface area contributed by atoms with E-state index in [0.717, 1.165) is 11.1 Å². The molecule has 2 amide bonds. The second kappa shape index (κ2) is 7.69. The minimum atomic E-state index is -0.301.